The van der Waals surface area contributed by atoms with E-state index < -0.39 is 11.9 Å². The van der Waals surface area contributed by atoms with Crippen molar-refractivity contribution < 1.29 is 19.0 Å². The van der Waals surface area contributed by atoms with E-state index in [4.69, 9.17) is 4.74 Å². The summed E-state index contributed by atoms with van der Waals surface area (Å²) in [7, 11) is 0. The molecule has 0 heterocycles. The highest BCUT2D eigenvalue weighted by Crippen LogP contribution is 2.24. The highest BCUT2D eigenvalue weighted by atomic mass is 19.1. The fourth-order valence-corrected chi connectivity index (χ4v) is 2.33. The topological polar surface area (TPSA) is 46.5 Å². The molecule has 0 aliphatic carbocycles. The zero-order valence-corrected chi connectivity index (χ0v) is 13.5. The zero-order valence-electron chi connectivity index (χ0n) is 13.5. The lowest BCUT2D eigenvalue weighted by molar-refractivity contribution is -0.138. The van der Waals surface area contributed by atoms with Gasteiger partial charge in [-0.3, -0.25) is 4.79 Å². The molecule has 0 aliphatic heterocycles. The van der Waals surface area contributed by atoms with Crippen molar-refractivity contribution in [2.75, 3.05) is 0 Å². The highest BCUT2D eigenvalue weighted by molar-refractivity contribution is 5.76. The average Bonchev–Trinajstić information content (AvgIpc) is 2.46. The Labute approximate surface area is 135 Å². The van der Waals surface area contributed by atoms with E-state index in [1.807, 2.05) is 45.0 Å². The van der Waals surface area contributed by atoms with Crippen molar-refractivity contribution in [1.29, 1.82) is 0 Å². The van der Waals surface area contributed by atoms with Crippen LogP contribution in [0.5, 0.6) is 5.75 Å². The van der Waals surface area contributed by atoms with Crippen LogP contribution in [0.15, 0.2) is 48.5 Å². The number of benzene rings is 2. The van der Waals surface area contributed by atoms with E-state index in [1.54, 1.807) is 0 Å². The number of aliphatic carboxylic acids is 1. The molecular formula is C19H21FO3. The van der Waals surface area contributed by atoms with Gasteiger partial charge in [0.05, 0.1) is 5.92 Å². The van der Waals surface area contributed by atoms with Gasteiger partial charge in [0.25, 0.3) is 0 Å². The molecule has 2 rings (SSSR count). The molecule has 0 spiro atoms. The lowest BCUT2D eigenvalue weighted by Crippen LogP contribution is -2.22. The molecule has 0 radical (unpaired) electrons. The molecule has 0 fully saturated rings. The van der Waals surface area contributed by atoms with Crippen LogP contribution >= 0.6 is 0 Å². The normalized spacial score (nSPS) is 12.7. The second-order valence-corrected chi connectivity index (χ2v) is 6.50. The predicted molar refractivity (Wildman–Crippen MR) is 87.3 cm³/mol. The van der Waals surface area contributed by atoms with Crippen LogP contribution < -0.4 is 4.74 Å². The summed E-state index contributed by atoms with van der Waals surface area (Å²) in [5.74, 6) is -1.26. The summed E-state index contributed by atoms with van der Waals surface area (Å²) in [4.78, 5) is 11.5. The third kappa shape index (κ3) is 5.09. The molecule has 122 valence electrons. The molecule has 1 atom stereocenters. The maximum Gasteiger partial charge on any atom is 0.311 e. The Bertz CT molecular complexity index is 655. The molecule has 3 nitrogen and oxygen atoms in total. The average molecular weight is 316 g/mol. The van der Waals surface area contributed by atoms with Crippen LogP contribution in [0.3, 0.4) is 0 Å². The van der Waals surface area contributed by atoms with E-state index in [9.17, 15) is 14.3 Å². The van der Waals surface area contributed by atoms with Crippen molar-refractivity contribution in [1.82, 2.24) is 0 Å². The molecule has 2 aromatic carbocycles. The Balaban J connectivity index is 2.14. The molecule has 0 bridgehead atoms. The van der Waals surface area contributed by atoms with Gasteiger partial charge in [-0.1, -0.05) is 24.3 Å². The molecule has 0 aromatic heterocycles. The van der Waals surface area contributed by atoms with Crippen LogP contribution in [-0.4, -0.2) is 16.7 Å². The molecule has 0 aliphatic rings. The number of hydrogen-bond acceptors (Lipinski definition) is 2. The first-order chi connectivity index (χ1) is 10.7. The minimum atomic E-state index is -0.924. The second kappa shape index (κ2) is 6.82. The smallest absolute Gasteiger partial charge is 0.311 e. The van der Waals surface area contributed by atoms with Crippen LogP contribution in [0.25, 0.3) is 0 Å². The Kier molecular flexibility index (Phi) is 5.04. The van der Waals surface area contributed by atoms with Crippen molar-refractivity contribution in [2.45, 2.75) is 38.7 Å². The van der Waals surface area contributed by atoms with Gasteiger partial charge in [0.1, 0.15) is 17.2 Å². The summed E-state index contributed by atoms with van der Waals surface area (Å²) < 4.78 is 18.7. The molecule has 23 heavy (non-hydrogen) atoms. The van der Waals surface area contributed by atoms with Crippen molar-refractivity contribution in [3.05, 3.63) is 65.5 Å². The third-order valence-corrected chi connectivity index (χ3v) is 3.36. The molecule has 0 amide bonds. The third-order valence-electron chi connectivity index (χ3n) is 3.36. The summed E-state index contributed by atoms with van der Waals surface area (Å²) in [5, 5.41) is 9.45. The van der Waals surface area contributed by atoms with Gasteiger partial charge < -0.3 is 9.84 Å². The minimum absolute atomic E-state index is 0.279. The molecule has 1 N–H and O–H groups in total. The molecule has 0 saturated carbocycles. The first-order valence-electron chi connectivity index (χ1n) is 7.51. The number of carbonyl (C=O) groups is 1. The van der Waals surface area contributed by atoms with Gasteiger partial charge in [0.15, 0.2) is 0 Å². The molecule has 1 unspecified atom stereocenters. The van der Waals surface area contributed by atoms with E-state index in [0.29, 0.717) is 12.0 Å². The lowest BCUT2D eigenvalue weighted by atomic mass is 9.92. The Hall–Kier alpha value is -2.36. The fraction of sp³-hybridized carbons (Fsp3) is 0.316. The monoisotopic (exact) mass is 316 g/mol. The molecule has 4 heteroatoms. The van der Waals surface area contributed by atoms with Crippen LogP contribution in [0.4, 0.5) is 4.39 Å². The predicted octanol–water partition coefficient (Wildman–Crippen LogP) is 4.41. The molecule has 0 saturated heterocycles. The van der Waals surface area contributed by atoms with Crippen LogP contribution in [0, 0.1) is 5.82 Å². The van der Waals surface area contributed by atoms with Gasteiger partial charge in [0.2, 0.25) is 0 Å². The molecule has 2 aromatic rings. The van der Waals surface area contributed by atoms with Crippen LogP contribution in [0.2, 0.25) is 0 Å². The van der Waals surface area contributed by atoms with E-state index in [0.717, 1.165) is 11.3 Å². The zero-order chi connectivity index (χ0) is 17.0. The van der Waals surface area contributed by atoms with Crippen molar-refractivity contribution in [3.63, 3.8) is 0 Å². The van der Waals surface area contributed by atoms with Crippen molar-refractivity contribution in [2.24, 2.45) is 0 Å². The number of carboxylic acid groups (broad SMARTS) is 1. The molecular weight excluding hydrogens is 295 g/mol. The van der Waals surface area contributed by atoms with Crippen molar-refractivity contribution >= 4 is 5.97 Å². The Morgan fingerprint density at radius 1 is 1.09 bits per heavy atom. The van der Waals surface area contributed by atoms with Gasteiger partial charge in [0, 0.05) is 0 Å². The van der Waals surface area contributed by atoms with E-state index >= 15 is 0 Å². The van der Waals surface area contributed by atoms with Gasteiger partial charge in [-0.15, -0.1) is 0 Å². The number of carboxylic acids is 1. The largest absolute Gasteiger partial charge is 0.488 e. The van der Waals surface area contributed by atoms with Gasteiger partial charge in [-0.25, -0.2) is 4.39 Å². The summed E-state index contributed by atoms with van der Waals surface area (Å²) >= 11 is 0. The number of halogens is 1. The van der Waals surface area contributed by atoms with E-state index in [-0.39, 0.29) is 11.4 Å². The first-order valence-corrected chi connectivity index (χ1v) is 7.51. The summed E-state index contributed by atoms with van der Waals surface area (Å²) in [6.45, 7) is 5.90. The minimum Gasteiger partial charge on any atom is -0.488 e. The first kappa shape index (κ1) is 17.0. The van der Waals surface area contributed by atoms with Crippen LogP contribution in [-0.2, 0) is 11.2 Å². The number of rotatable bonds is 5. The standard InChI is InChI=1S/C19H21FO3/c1-19(2,3)23-16-10-4-13(5-11-16)12-17(18(21)22)14-6-8-15(20)9-7-14/h4-11,17H,12H2,1-3H3,(H,21,22). The van der Waals surface area contributed by atoms with Crippen molar-refractivity contribution in [3.8, 4) is 5.75 Å². The van der Waals surface area contributed by atoms with Crippen LogP contribution in [0.1, 0.15) is 37.8 Å². The number of ether oxygens (including phenoxy) is 1. The quantitative estimate of drug-likeness (QED) is 0.888. The van der Waals surface area contributed by atoms with Gasteiger partial charge in [-0.05, 0) is 62.6 Å². The Morgan fingerprint density at radius 3 is 2.13 bits per heavy atom. The second-order valence-electron chi connectivity index (χ2n) is 6.50. The maximum atomic E-state index is 13.0. The van der Waals surface area contributed by atoms with E-state index in [1.165, 1.54) is 24.3 Å². The van der Waals surface area contributed by atoms with Gasteiger partial charge in [-0.2, -0.15) is 0 Å². The maximum absolute atomic E-state index is 13.0. The number of hydrogen-bond donors (Lipinski definition) is 1. The van der Waals surface area contributed by atoms with E-state index in [2.05, 4.69) is 0 Å². The Morgan fingerprint density at radius 2 is 1.65 bits per heavy atom. The van der Waals surface area contributed by atoms with Gasteiger partial charge >= 0.3 is 5.97 Å². The summed E-state index contributed by atoms with van der Waals surface area (Å²) in [6, 6.07) is 13.0. The lowest BCUT2D eigenvalue weighted by Gasteiger charge is -2.21. The summed E-state index contributed by atoms with van der Waals surface area (Å²) in [5.41, 5.74) is 1.20. The SMILES string of the molecule is CC(C)(C)Oc1ccc(CC(C(=O)O)c2ccc(F)cc2)cc1. The fourth-order valence-electron chi connectivity index (χ4n) is 2.33. The summed E-state index contributed by atoms with van der Waals surface area (Å²) in [6.07, 6.45) is 0.344. The highest BCUT2D eigenvalue weighted by Gasteiger charge is 2.20.